The predicted octanol–water partition coefficient (Wildman–Crippen LogP) is 3.72. The molecular weight excluding hydrogens is 250 g/mol. The van der Waals surface area contributed by atoms with Gasteiger partial charge in [-0.3, -0.25) is 4.99 Å². The lowest BCUT2D eigenvalue weighted by Crippen LogP contribution is -1.82. The van der Waals surface area contributed by atoms with Crippen molar-refractivity contribution in [1.29, 1.82) is 0 Å². The smallest absolute Gasteiger partial charge is 0.125 e. The molecule has 1 N–H and O–H groups in total. The van der Waals surface area contributed by atoms with Gasteiger partial charge >= 0.3 is 0 Å². The largest absolute Gasteiger partial charge is 0.507 e. The summed E-state index contributed by atoms with van der Waals surface area (Å²) in [5.41, 5.74) is 1.48. The summed E-state index contributed by atoms with van der Waals surface area (Å²) in [6, 6.07) is 12.6. The third kappa shape index (κ3) is 3.28. The van der Waals surface area contributed by atoms with E-state index in [1.807, 2.05) is 24.3 Å². The van der Waals surface area contributed by atoms with Gasteiger partial charge in [0.1, 0.15) is 5.75 Å². The van der Waals surface area contributed by atoms with E-state index in [4.69, 9.17) is 0 Å². The van der Waals surface area contributed by atoms with E-state index in [-0.39, 0.29) is 5.75 Å². The summed E-state index contributed by atoms with van der Waals surface area (Å²) < 4.78 is 0. The highest BCUT2D eigenvalue weighted by Gasteiger charge is 1.98. The molecule has 0 aliphatic rings. The molecular formula is C13H11NOS2. The summed E-state index contributed by atoms with van der Waals surface area (Å²) in [6.45, 7) is 0. The maximum absolute atomic E-state index is 9.66. The number of phenolic OH excluding ortho intramolecular Hbond substituents is 1. The van der Waals surface area contributed by atoms with E-state index in [0.717, 1.165) is 15.5 Å². The van der Waals surface area contributed by atoms with E-state index in [9.17, 15) is 5.11 Å². The van der Waals surface area contributed by atoms with Gasteiger partial charge in [0.05, 0.1) is 5.69 Å². The van der Waals surface area contributed by atoms with Crippen molar-refractivity contribution in [2.24, 2.45) is 4.99 Å². The van der Waals surface area contributed by atoms with E-state index in [2.05, 4.69) is 30.2 Å². The summed E-state index contributed by atoms with van der Waals surface area (Å²) in [5, 5.41) is 9.66. The number of hydrogen-bond acceptors (Lipinski definition) is 4. The van der Waals surface area contributed by atoms with Crippen LogP contribution in [-0.2, 0) is 0 Å². The molecule has 0 bridgehead atoms. The number of aromatic hydroxyl groups is 1. The van der Waals surface area contributed by atoms with E-state index in [0.29, 0.717) is 5.56 Å². The lowest BCUT2D eigenvalue weighted by Gasteiger charge is -1.99. The first-order chi connectivity index (χ1) is 8.15. The highest BCUT2D eigenvalue weighted by molar-refractivity contribution is 7.80. The van der Waals surface area contributed by atoms with Gasteiger partial charge < -0.3 is 5.11 Å². The average Bonchev–Trinajstić information content (AvgIpc) is 2.30. The Labute approximate surface area is 111 Å². The molecule has 0 fully saturated rings. The van der Waals surface area contributed by atoms with E-state index >= 15 is 0 Å². The molecule has 2 aromatic carbocycles. The van der Waals surface area contributed by atoms with E-state index < -0.39 is 0 Å². The lowest BCUT2D eigenvalue weighted by molar-refractivity contribution is 0.473. The SMILES string of the molecule is Oc1cc(S)ccc1C=Nc1ccc(S)cc1. The topological polar surface area (TPSA) is 32.6 Å². The lowest BCUT2D eigenvalue weighted by atomic mass is 10.2. The second kappa shape index (κ2) is 5.29. The molecule has 0 unspecified atom stereocenters. The Morgan fingerprint density at radius 3 is 2.24 bits per heavy atom. The standard InChI is InChI=1S/C13H11NOS2/c15-13-7-12(17)4-1-9(13)8-14-10-2-5-11(16)6-3-10/h1-8,15-17H. The van der Waals surface area contributed by atoms with Gasteiger partial charge in [0, 0.05) is 21.6 Å². The summed E-state index contributed by atoms with van der Waals surface area (Å²) in [6.07, 6.45) is 1.62. The molecule has 0 heterocycles. The molecule has 86 valence electrons. The number of aliphatic imine (C=N–C) groups is 1. The Balaban J connectivity index is 2.23. The number of nitrogens with zero attached hydrogens (tertiary/aromatic N) is 1. The van der Waals surface area contributed by atoms with Crippen LogP contribution in [0.3, 0.4) is 0 Å². The maximum Gasteiger partial charge on any atom is 0.125 e. The van der Waals surface area contributed by atoms with Gasteiger partial charge in [-0.1, -0.05) is 0 Å². The quantitative estimate of drug-likeness (QED) is 0.559. The second-order valence-corrected chi connectivity index (χ2v) is 4.55. The Morgan fingerprint density at radius 1 is 0.941 bits per heavy atom. The molecule has 2 nitrogen and oxygen atoms in total. The van der Waals surface area contributed by atoms with Crippen LogP contribution in [0, 0.1) is 0 Å². The summed E-state index contributed by atoms with van der Waals surface area (Å²) in [5.74, 6) is 0.173. The number of thiol groups is 2. The van der Waals surface area contributed by atoms with Crippen molar-refractivity contribution in [1.82, 2.24) is 0 Å². The van der Waals surface area contributed by atoms with Crippen molar-refractivity contribution in [2.45, 2.75) is 9.79 Å². The molecule has 4 heteroatoms. The van der Waals surface area contributed by atoms with Crippen LogP contribution in [0.4, 0.5) is 5.69 Å². The highest BCUT2D eigenvalue weighted by atomic mass is 32.1. The van der Waals surface area contributed by atoms with Crippen LogP contribution in [0.15, 0.2) is 57.2 Å². The van der Waals surface area contributed by atoms with Gasteiger partial charge in [-0.15, -0.1) is 25.3 Å². The van der Waals surface area contributed by atoms with Crippen molar-refractivity contribution in [2.75, 3.05) is 0 Å². The molecule has 0 spiro atoms. The number of benzene rings is 2. The minimum atomic E-state index is 0.173. The maximum atomic E-state index is 9.66. The first kappa shape index (κ1) is 12.1. The van der Waals surface area contributed by atoms with Gasteiger partial charge in [-0.25, -0.2) is 0 Å². The van der Waals surface area contributed by atoms with E-state index in [1.165, 1.54) is 0 Å². The van der Waals surface area contributed by atoms with Crippen LogP contribution in [0.25, 0.3) is 0 Å². The fourth-order valence-corrected chi connectivity index (χ4v) is 1.67. The molecule has 17 heavy (non-hydrogen) atoms. The normalized spacial score (nSPS) is 10.9. The molecule has 2 rings (SSSR count). The van der Waals surface area contributed by atoms with Gasteiger partial charge in [-0.05, 0) is 42.5 Å². The minimum absolute atomic E-state index is 0.173. The van der Waals surface area contributed by atoms with Crippen molar-refractivity contribution in [3.8, 4) is 5.75 Å². The molecule has 2 aromatic rings. The monoisotopic (exact) mass is 261 g/mol. The van der Waals surface area contributed by atoms with Crippen LogP contribution < -0.4 is 0 Å². The van der Waals surface area contributed by atoms with Gasteiger partial charge in [0.15, 0.2) is 0 Å². The Kier molecular flexibility index (Phi) is 3.76. The summed E-state index contributed by atoms with van der Waals surface area (Å²) in [7, 11) is 0. The zero-order valence-electron chi connectivity index (χ0n) is 8.91. The first-order valence-corrected chi connectivity index (χ1v) is 5.90. The van der Waals surface area contributed by atoms with Crippen LogP contribution >= 0.6 is 25.3 Å². The molecule has 0 aliphatic carbocycles. The molecule has 0 aromatic heterocycles. The first-order valence-electron chi connectivity index (χ1n) is 5.00. The van der Waals surface area contributed by atoms with Crippen molar-refractivity contribution >= 4 is 37.2 Å². The minimum Gasteiger partial charge on any atom is -0.507 e. The van der Waals surface area contributed by atoms with Crippen LogP contribution in [0.5, 0.6) is 5.75 Å². The second-order valence-electron chi connectivity index (χ2n) is 3.52. The summed E-state index contributed by atoms with van der Waals surface area (Å²) in [4.78, 5) is 5.88. The fourth-order valence-electron chi connectivity index (χ4n) is 1.32. The third-order valence-electron chi connectivity index (χ3n) is 2.22. The molecule has 0 amide bonds. The Hall–Kier alpha value is -1.39. The van der Waals surface area contributed by atoms with Crippen molar-refractivity contribution < 1.29 is 5.11 Å². The molecule has 0 radical (unpaired) electrons. The van der Waals surface area contributed by atoms with Crippen LogP contribution in [-0.4, -0.2) is 11.3 Å². The third-order valence-corrected chi connectivity index (χ3v) is 2.79. The van der Waals surface area contributed by atoms with Crippen molar-refractivity contribution in [3.05, 3.63) is 48.0 Å². The molecule has 0 saturated carbocycles. The van der Waals surface area contributed by atoms with Gasteiger partial charge in [-0.2, -0.15) is 0 Å². The highest BCUT2D eigenvalue weighted by Crippen LogP contribution is 2.20. The Morgan fingerprint density at radius 2 is 1.59 bits per heavy atom. The average molecular weight is 261 g/mol. The number of phenols is 1. The number of rotatable bonds is 2. The number of hydrogen-bond donors (Lipinski definition) is 3. The van der Waals surface area contributed by atoms with Crippen LogP contribution in [0.1, 0.15) is 5.56 Å². The summed E-state index contributed by atoms with van der Waals surface area (Å²) >= 11 is 8.33. The zero-order valence-corrected chi connectivity index (χ0v) is 10.7. The van der Waals surface area contributed by atoms with Crippen LogP contribution in [0.2, 0.25) is 0 Å². The predicted molar refractivity (Wildman–Crippen MR) is 76.3 cm³/mol. The van der Waals surface area contributed by atoms with E-state index in [1.54, 1.807) is 24.4 Å². The fraction of sp³-hybridized carbons (Fsp3) is 0. The van der Waals surface area contributed by atoms with Gasteiger partial charge in [0.2, 0.25) is 0 Å². The van der Waals surface area contributed by atoms with Gasteiger partial charge in [0.25, 0.3) is 0 Å². The molecule has 0 atom stereocenters. The zero-order chi connectivity index (χ0) is 12.3. The molecule has 0 aliphatic heterocycles. The molecule has 0 saturated heterocycles. The Bertz CT molecular complexity index is 550. The van der Waals surface area contributed by atoms with Crippen molar-refractivity contribution in [3.63, 3.8) is 0 Å².